The summed E-state index contributed by atoms with van der Waals surface area (Å²) in [4.78, 5) is 12.1. The number of benzene rings is 2. The van der Waals surface area contributed by atoms with Crippen molar-refractivity contribution < 1.29 is 17.9 Å². The number of aryl methyl sites for hydroxylation is 1. The maximum Gasteiger partial charge on any atom is 0.421 e. The lowest BCUT2D eigenvalue weighted by atomic mass is 10.1. The summed E-state index contributed by atoms with van der Waals surface area (Å²) in [6.07, 6.45) is 0.292. The Hall–Kier alpha value is -2.82. The molecule has 5 nitrogen and oxygen atoms in total. The molecule has 0 saturated heterocycles. The molecule has 0 heterocycles. The molecule has 0 radical (unpaired) electrons. The van der Waals surface area contributed by atoms with Crippen molar-refractivity contribution >= 4 is 16.1 Å². The Labute approximate surface area is 147 Å². The van der Waals surface area contributed by atoms with Crippen LogP contribution in [0.4, 0.5) is 4.79 Å². The summed E-state index contributed by atoms with van der Waals surface area (Å²) < 4.78 is 31.7. The zero-order valence-electron chi connectivity index (χ0n) is 13.8. The molecule has 2 rings (SSSR count). The number of rotatable bonds is 6. The van der Waals surface area contributed by atoms with E-state index in [0.717, 1.165) is 11.1 Å². The third-order valence-electron chi connectivity index (χ3n) is 3.45. The summed E-state index contributed by atoms with van der Waals surface area (Å²) >= 11 is 0. The highest BCUT2D eigenvalue weighted by Crippen LogP contribution is 2.22. The van der Waals surface area contributed by atoms with Crippen LogP contribution in [-0.4, -0.2) is 14.5 Å². The molecule has 2 aromatic rings. The van der Waals surface area contributed by atoms with Gasteiger partial charge in [-0.15, -0.1) is 5.73 Å². The highest BCUT2D eigenvalue weighted by molar-refractivity contribution is 7.90. The lowest BCUT2D eigenvalue weighted by Gasteiger charge is -2.17. The topological polar surface area (TPSA) is 72.5 Å². The van der Waals surface area contributed by atoms with E-state index in [1.165, 1.54) is 12.1 Å². The third kappa shape index (κ3) is 5.35. The highest BCUT2D eigenvalue weighted by atomic mass is 32.2. The van der Waals surface area contributed by atoms with Crippen LogP contribution < -0.4 is 4.72 Å². The second-order valence-electron chi connectivity index (χ2n) is 5.37. The Kier molecular flexibility index (Phi) is 6.17. The number of carbonyl (C=O) groups is 1. The molecule has 2 aromatic carbocycles. The minimum atomic E-state index is -3.99. The van der Waals surface area contributed by atoms with Crippen LogP contribution in [0.15, 0.2) is 77.9 Å². The molecule has 1 amide bonds. The summed E-state index contributed by atoms with van der Waals surface area (Å²) in [5, 5.41) is 0. The van der Waals surface area contributed by atoms with Gasteiger partial charge in [-0.25, -0.2) is 17.9 Å². The molecule has 25 heavy (non-hydrogen) atoms. The van der Waals surface area contributed by atoms with Crippen LogP contribution >= 0.6 is 0 Å². The molecule has 0 spiro atoms. The Morgan fingerprint density at radius 1 is 1.20 bits per heavy atom. The molecule has 0 bridgehead atoms. The van der Waals surface area contributed by atoms with Gasteiger partial charge in [-0.1, -0.05) is 54.6 Å². The quantitative estimate of drug-likeness (QED) is 0.796. The van der Waals surface area contributed by atoms with Crippen molar-refractivity contribution in [2.75, 3.05) is 0 Å². The van der Waals surface area contributed by atoms with Crippen molar-refractivity contribution in [3.05, 3.63) is 84.1 Å². The van der Waals surface area contributed by atoms with Gasteiger partial charge in [0.15, 0.2) is 0 Å². The normalized spacial score (nSPS) is 11.9. The predicted molar refractivity (Wildman–Crippen MR) is 95.5 cm³/mol. The summed E-state index contributed by atoms with van der Waals surface area (Å²) in [7, 11) is -3.99. The molecule has 1 atom stereocenters. The smallest absolute Gasteiger partial charge is 0.421 e. The zero-order chi connectivity index (χ0) is 18.3. The molecule has 6 heteroatoms. The lowest BCUT2D eigenvalue weighted by molar-refractivity contribution is 0.104. The van der Waals surface area contributed by atoms with Crippen molar-refractivity contribution in [1.29, 1.82) is 0 Å². The molecule has 0 saturated carbocycles. The van der Waals surface area contributed by atoms with Crippen LogP contribution in [0.25, 0.3) is 0 Å². The Balaban J connectivity index is 2.12. The van der Waals surface area contributed by atoms with E-state index in [1.54, 1.807) is 30.3 Å². The fourth-order valence-electron chi connectivity index (χ4n) is 2.15. The maximum absolute atomic E-state index is 12.2. The second-order valence-corrected chi connectivity index (χ2v) is 7.05. The number of carbonyl (C=O) groups excluding carboxylic acids is 1. The van der Waals surface area contributed by atoms with Gasteiger partial charge in [-0.05, 0) is 30.7 Å². The Bertz CT molecular complexity index is 867. The van der Waals surface area contributed by atoms with E-state index in [0.29, 0.717) is 6.42 Å². The molecule has 0 aliphatic heterocycles. The summed E-state index contributed by atoms with van der Waals surface area (Å²) in [6, 6.07) is 15.2. The van der Waals surface area contributed by atoms with Gasteiger partial charge in [0.2, 0.25) is 0 Å². The average molecular weight is 357 g/mol. The standard InChI is InChI=1S/C19H19NO4S/c1-3-4-10-18(16-8-6-5-7-9-16)24-19(21)20-25(22,23)17-13-11-15(2)12-14-17/h4-9,11-14,18H,1,10H2,2H3,(H,20,21). The molecular formula is C19H19NO4S. The fraction of sp³-hybridized carbons (Fsp3) is 0.158. The van der Waals surface area contributed by atoms with Crippen LogP contribution in [0, 0.1) is 6.92 Å². The minimum Gasteiger partial charge on any atom is -0.440 e. The second kappa shape index (κ2) is 8.33. The molecule has 0 fully saturated rings. The van der Waals surface area contributed by atoms with Crippen LogP contribution in [0.2, 0.25) is 0 Å². The maximum atomic E-state index is 12.2. The van der Waals surface area contributed by atoms with Crippen LogP contribution in [0.3, 0.4) is 0 Å². The molecular weight excluding hydrogens is 338 g/mol. The van der Waals surface area contributed by atoms with Crippen molar-refractivity contribution in [2.24, 2.45) is 0 Å². The average Bonchev–Trinajstić information content (AvgIpc) is 2.59. The highest BCUT2D eigenvalue weighted by Gasteiger charge is 2.22. The van der Waals surface area contributed by atoms with Crippen LogP contribution in [-0.2, 0) is 14.8 Å². The van der Waals surface area contributed by atoms with Gasteiger partial charge in [0.1, 0.15) is 6.10 Å². The van der Waals surface area contributed by atoms with Gasteiger partial charge in [0.25, 0.3) is 10.0 Å². The first-order valence-corrected chi connectivity index (χ1v) is 9.10. The SMILES string of the molecule is C=C=CCC(OC(=O)NS(=O)(=O)c1ccc(C)cc1)c1ccccc1. The van der Waals surface area contributed by atoms with Crippen molar-refractivity contribution in [3.63, 3.8) is 0 Å². The lowest BCUT2D eigenvalue weighted by Crippen LogP contribution is -2.32. The van der Waals surface area contributed by atoms with E-state index in [-0.39, 0.29) is 4.90 Å². The fourth-order valence-corrected chi connectivity index (χ4v) is 3.03. The van der Waals surface area contributed by atoms with E-state index in [4.69, 9.17) is 4.74 Å². The number of hydrogen-bond acceptors (Lipinski definition) is 4. The van der Waals surface area contributed by atoms with Gasteiger partial charge in [0, 0.05) is 6.42 Å². The minimum absolute atomic E-state index is 0.00250. The summed E-state index contributed by atoms with van der Waals surface area (Å²) in [5.41, 5.74) is 4.28. The van der Waals surface area contributed by atoms with Crippen LogP contribution in [0.5, 0.6) is 0 Å². The molecule has 1 unspecified atom stereocenters. The Morgan fingerprint density at radius 2 is 1.84 bits per heavy atom. The van der Waals surface area contributed by atoms with Crippen molar-refractivity contribution in [1.82, 2.24) is 4.72 Å². The molecule has 130 valence electrons. The number of sulfonamides is 1. The van der Waals surface area contributed by atoms with Gasteiger partial charge < -0.3 is 4.74 Å². The number of hydrogen-bond donors (Lipinski definition) is 1. The van der Waals surface area contributed by atoms with Gasteiger partial charge in [-0.3, -0.25) is 0 Å². The first-order valence-electron chi connectivity index (χ1n) is 7.61. The first kappa shape index (κ1) is 18.5. The number of ether oxygens (including phenoxy) is 1. The van der Waals surface area contributed by atoms with E-state index in [2.05, 4.69) is 12.3 Å². The Morgan fingerprint density at radius 3 is 2.44 bits per heavy atom. The zero-order valence-corrected chi connectivity index (χ0v) is 14.6. The number of nitrogens with one attached hydrogen (secondary N) is 1. The largest absolute Gasteiger partial charge is 0.440 e. The van der Waals surface area contributed by atoms with E-state index >= 15 is 0 Å². The van der Waals surface area contributed by atoms with Gasteiger partial charge in [0.05, 0.1) is 4.90 Å². The summed E-state index contributed by atoms with van der Waals surface area (Å²) in [5.74, 6) is 0. The van der Waals surface area contributed by atoms with Crippen molar-refractivity contribution in [3.8, 4) is 0 Å². The molecule has 0 aromatic heterocycles. The van der Waals surface area contributed by atoms with Gasteiger partial charge >= 0.3 is 6.09 Å². The molecule has 1 N–H and O–H groups in total. The van der Waals surface area contributed by atoms with Crippen molar-refractivity contribution in [2.45, 2.75) is 24.3 Å². The van der Waals surface area contributed by atoms with E-state index in [9.17, 15) is 13.2 Å². The first-order chi connectivity index (χ1) is 11.9. The molecule has 0 aliphatic rings. The predicted octanol–water partition coefficient (Wildman–Crippen LogP) is 3.88. The van der Waals surface area contributed by atoms with E-state index < -0.39 is 22.2 Å². The number of amides is 1. The summed E-state index contributed by atoms with van der Waals surface area (Å²) in [6.45, 7) is 5.32. The van der Waals surface area contributed by atoms with Crippen LogP contribution in [0.1, 0.15) is 23.7 Å². The van der Waals surface area contributed by atoms with E-state index in [1.807, 2.05) is 29.8 Å². The third-order valence-corrected chi connectivity index (χ3v) is 4.77. The van der Waals surface area contributed by atoms with Gasteiger partial charge in [-0.2, -0.15) is 0 Å². The molecule has 0 aliphatic carbocycles. The monoisotopic (exact) mass is 357 g/mol.